The van der Waals surface area contributed by atoms with Crippen molar-refractivity contribution in [3.63, 3.8) is 0 Å². The number of rotatable bonds is 5. The highest BCUT2D eigenvalue weighted by Gasteiger charge is 2.12. The number of benzene rings is 1. The van der Waals surface area contributed by atoms with Gasteiger partial charge in [0, 0.05) is 18.4 Å². The Morgan fingerprint density at radius 2 is 2.00 bits per heavy atom. The summed E-state index contributed by atoms with van der Waals surface area (Å²) in [5, 5.41) is 7.88. The van der Waals surface area contributed by atoms with Crippen LogP contribution in [-0.4, -0.2) is 15.8 Å². The Labute approximate surface area is 109 Å². The first-order valence-electron chi connectivity index (χ1n) is 6.58. The molecule has 2 atom stereocenters. The van der Waals surface area contributed by atoms with Gasteiger partial charge in [-0.05, 0) is 31.0 Å². The molecule has 3 heteroatoms. The minimum atomic E-state index is 0.451. The predicted molar refractivity (Wildman–Crippen MR) is 76.1 cm³/mol. The average Bonchev–Trinajstić information content (AvgIpc) is 2.92. The van der Waals surface area contributed by atoms with Crippen molar-refractivity contribution in [2.24, 2.45) is 5.92 Å². The number of nitrogens with zero attached hydrogens (tertiary/aromatic N) is 2. The quantitative estimate of drug-likeness (QED) is 0.867. The molecule has 1 aromatic heterocycles. The highest BCUT2D eigenvalue weighted by Crippen LogP contribution is 2.22. The van der Waals surface area contributed by atoms with Crippen molar-refractivity contribution in [2.45, 2.75) is 33.2 Å². The first-order chi connectivity index (χ1) is 8.72. The minimum Gasteiger partial charge on any atom is -0.381 e. The van der Waals surface area contributed by atoms with E-state index in [4.69, 9.17) is 0 Å². The van der Waals surface area contributed by atoms with Crippen LogP contribution in [0.15, 0.2) is 42.7 Å². The van der Waals surface area contributed by atoms with Crippen molar-refractivity contribution < 1.29 is 0 Å². The maximum atomic E-state index is 4.30. The Hall–Kier alpha value is -1.77. The monoisotopic (exact) mass is 243 g/mol. The lowest BCUT2D eigenvalue weighted by Crippen LogP contribution is -2.24. The third-order valence-corrected chi connectivity index (χ3v) is 3.54. The van der Waals surface area contributed by atoms with Crippen molar-refractivity contribution in [3.8, 4) is 5.69 Å². The second kappa shape index (κ2) is 5.71. The molecule has 0 aliphatic rings. The first kappa shape index (κ1) is 12.7. The van der Waals surface area contributed by atoms with Crippen molar-refractivity contribution in [2.75, 3.05) is 5.32 Å². The molecule has 0 saturated heterocycles. The molecule has 0 aliphatic carbocycles. The van der Waals surface area contributed by atoms with E-state index < -0.39 is 0 Å². The van der Waals surface area contributed by atoms with Gasteiger partial charge in [0.05, 0.1) is 11.4 Å². The lowest BCUT2D eigenvalue weighted by atomic mass is 10.0. The van der Waals surface area contributed by atoms with E-state index in [0.717, 1.165) is 11.4 Å². The SMILES string of the molecule is CCC(C)C(C)Nc1ccccc1-n1cccn1. The molecule has 1 aromatic carbocycles. The van der Waals surface area contributed by atoms with Crippen LogP contribution >= 0.6 is 0 Å². The van der Waals surface area contributed by atoms with Gasteiger partial charge in [0.1, 0.15) is 0 Å². The number of hydrogen-bond acceptors (Lipinski definition) is 2. The van der Waals surface area contributed by atoms with Crippen molar-refractivity contribution in [1.29, 1.82) is 0 Å². The van der Waals surface area contributed by atoms with Gasteiger partial charge in [-0.3, -0.25) is 0 Å². The molecular formula is C15H21N3. The molecule has 0 radical (unpaired) electrons. The highest BCUT2D eigenvalue weighted by molar-refractivity contribution is 5.61. The number of aromatic nitrogens is 2. The van der Waals surface area contributed by atoms with Crippen LogP contribution in [0.25, 0.3) is 5.69 Å². The fourth-order valence-corrected chi connectivity index (χ4v) is 1.95. The van der Waals surface area contributed by atoms with Gasteiger partial charge >= 0.3 is 0 Å². The summed E-state index contributed by atoms with van der Waals surface area (Å²) in [6.07, 6.45) is 4.95. The topological polar surface area (TPSA) is 29.9 Å². The summed E-state index contributed by atoms with van der Waals surface area (Å²) in [5.74, 6) is 0.649. The molecule has 0 spiro atoms. The van der Waals surface area contributed by atoms with Crippen molar-refractivity contribution in [1.82, 2.24) is 9.78 Å². The molecule has 2 aromatic rings. The third-order valence-electron chi connectivity index (χ3n) is 3.54. The van der Waals surface area contributed by atoms with Crippen LogP contribution in [0.5, 0.6) is 0 Å². The van der Waals surface area contributed by atoms with Gasteiger partial charge in [0.2, 0.25) is 0 Å². The van der Waals surface area contributed by atoms with Crippen LogP contribution in [0, 0.1) is 5.92 Å². The summed E-state index contributed by atoms with van der Waals surface area (Å²) in [4.78, 5) is 0. The predicted octanol–water partition coefficient (Wildman–Crippen LogP) is 3.72. The number of anilines is 1. The maximum Gasteiger partial charge on any atom is 0.0876 e. The van der Waals surface area contributed by atoms with Gasteiger partial charge in [-0.2, -0.15) is 5.10 Å². The summed E-state index contributed by atoms with van der Waals surface area (Å²) >= 11 is 0. The third kappa shape index (κ3) is 2.73. The molecule has 18 heavy (non-hydrogen) atoms. The Morgan fingerprint density at radius 1 is 1.22 bits per heavy atom. The number of nitrogens with one attached hydrogen (secondary N) is 1. The van der Waals surface area contributed by atoms with Gasteiger partial charge in [0.15, 0.2) is 0 Å². The summed E-state index contributed by atoms with van der Waals surface area (Å²) in [6.45, 7) is 6.73. The van der Waals surface area contributed by atoms with E-state index in [-0.39, 0.29) is 0 Å². The first-order valence-corrected chi connectivity index (χ1v) is 6.58. The van der Waals surface area contributed by atoms with E-state index >= 15 is 0 Å². The highest BCUT2D eigenvalue weighted by atomic mass is 15.3. The average molecular weight is 243 g/mol. The zero-order valence-corrected chi connectivity index (χ0v) is 11.3. The molecule has 1 N–H and O–H groups in total. The summed E-state index contributed by atoms with van der Waals surface area (Å²) < 4.78 is 1.89. The van der Waals surface area contributed by atoms with Crippen LogP contribution < -0.4 is 5.32 Å². The Balaban J connectivity index is 2.23. The fraction of sp³-hybridized carbons (Fsp3) is 0.400. The molecule has 0 bridgehead atoms. The molecule has 96 valence electrons. The smallest absolute Gasteiger partial charge is 0.0876 e. The minimum absolute atomic E-state index is 0.451. The Morgan fingerprint density at radius 3 is 2.67 bits per heavy atom. The van der Waals surface area contributed by atoms with Gasteiger partial charge in [-0.25, -0.2) is 4.68 Å². The molecule has 0 saturated carbocycles. The summed E-state index contributed by atoms with van der Waals surface area (Å²) in [5.41, 5.74) is 2.23. The van der Waals surface area contributed by atoms with Gasteiger partial charge in [-0.1, -0.05) is 32.4 Å². The van der Waals surface area contributed by atoms with Gasteiger partial charge in [0.25, 0.3) is 0 Å². The lowest BCUT2D eigenvalue weighted by molar-refractivity contribution is 0.494. The zero-order chi connectivity index (χ0) is 13.0. The molecule has 3 nitrogen and oxygen atoms in total. The largest absolute Gasteiger partial charge is 0.381 e. The zero-order valence-electron chi connectivity index (χ0n) is 11.3. The second-order valence-electron chi connectivity index (χ2n) is 4.79. The number of hydrogen-bond donors (Lipinski definition) is 1. The fourth-order valence-electron chi connectivity index (χ4n) is 1.95. The van der Waals surface area contributed by atoms with Crippen LogP contribution in [0.4, 0.5) is 5.69 Å². The van der Waals surface area contributed by atoms with E-state index in [2.05, 4.69) is 49.4 Å². The molecule has 0 fully saturated rings. The molecular weight excluding hydrogens is 222 g/mol. The molecule has 2 unspecified atom stereocenters. The lowest BCUT2D eigenvalue weighted by Gasteiger charge is -2.22. The van der Waals surface area contributed by atoms with Gasteiger partial charge < -0.3 is 5.32 Å². The van der Waals surface area contributed by atoms with E-state index in [0.29, 0.717) is 12.0 Å². The van der Waals surface area contributed by atoms with E-state index in [1.165, 1.54) is 6.42 Å². The van der Waals surface area contributed by atoms with E-state index in [1.807, 2.05) is 23.0 Å². The van der Waals surface area contributed by atoms with E-state index in [1.54, 1.807) is 6.20 Å². The van der Waals surface area contributed by atoms with Gasteiger partial charge in [-0.15, -0.1) is 0 Å². The Bertz CT molecular complexity index is 476. The van der Waals surface area contributed by atoms with Crippen molar-refractivity contribution >= 4 is 5.69 Å². The maximum absolute atomic E-state index is 4.30. The molecule has 0 aliphatic heterocycles. The van der Waals surface area contributed by atoms with Crippen LogP contribution in [0.1, 0.15) is 27.2 Å². The summed E-state index contributed by atoms with van der Waals surface area (Å²) in [7, 11) is 0. The van der Waals surface area contributed by atoms with Crippen molar-refractivity contribution in [3.05, 3.63) is 42.7 Å². The van der Waals surface area contributed by atoms with Crippen LogP contribution in [0.3, 0.4) is 0 Å². The number of para-hydroxylation sites is 2. The van der Waals surface area contributed by atoms with Crippen LogP contribution in [0.2, 0.25) is 0 Å². The molecule has 2 rings (SSSR count). The van der Waals surface area contributed by atoms with E-state index in [9.17, 15) is 0 Å². The standard InChI is InChI=1S/C15H21N3/c1-4-12(2)13(3)17-14-8-5-6-9-15(14)18-11-7-10-16-18/h5-13,17H,4H2,1-3H3. The second-order valence-corrected chi connectivity index (χ2v) is 4.79. The Kier molecular flexibility index (Phi) is 4.03. The van der Waals surface area contributed by atoms with Crippen LogP contribution in [-0.2, 0) is 0 Å². The molecule has 1 heterocycles. The molecule has 0 amide bonds. The summed E-state index contributed by atoms with van der Waals surface area (Å²) in [6, 6.07) is 10.7. The normalized spacial score (nSPS) is 14.2.